The van der Waals surface area contributed by atoms with Crippen LogP contribution in [0, 0.1) is 0 Å². The number of amides is 2. The van der Waals surface area contributed by atoms with Crippen LogP contribution < -0.4 is 11.1 Å². The van der Waals surface area contributed by atoms with Crippen molar-refractivity contribution in [3.63, 3.8) is 0 Å². The van der Waals surface area contributed by atoms with E-state index in [1.807, 2.05) is 6.92 Å². The molecule has 0 bridgehead atoms. The number of nitrogens with one attached hydrogen (secondary N) is 1. The second-order valence-electron chi connectivity index (χ2n) is 3.50. The lowest BCUT2D eigenvalue weighted by molar-refractivity contribution is -0.139. The first-order valence-corrected chi connectivity index (χ1v) is 4.96. The standard InChI is InChI=1S/C9H17N3O2/c1-2-3-7(10)9(14)12-5-4-11-8(13)6-12/h7H,2-6,10H2,1H3,(H,11,13)/t7-/m1/s1. The Bertz CT molecular complexity index is 230. The van der Waals surface area contributed by atoms with Gasteiger partial charge in [-0.3, -0.25) is 9.59 Å². The first kappa shape index (κ1) is 11.0. The summed E-state index contributed by atoms with van der Waals surface area (Å²) in [5, 5.41) is 2.66. The summed E-state index contributed by atoms with van der Waals surface area (Å²) in [5.41, 5.74) is 5.68. The Morgan fingerprint density at radius 2 is 2.43 bits per heavy atom. The van der Waals surface area contributed by atoms with Gasteiger partial charge in [-0.2, -0.15) is 0 Å². The first-order valence-electron chi connectivity index (χ1n) is 4.96. The molecular formula is C9H17N3O2. The van der Waals surface area contributed by atoms with Crippen molar-refractivity contribution in [3.8, 4) is 0 Å². The quantitative estimate of drug-likeness (QED) is 0.616. The average Bonchev–Trinajstić information content (AvgIpc) is 2.17. The lowest BCUT2D eigenvalue weighted by Gasteiger charge is -2.28. The first-order chi connectivity index (χ1) is 6.65. The summed E-state index contributed by atoms with van der Waals surface area (Å²) in [6.07, 6.45) is 1.56. The minimum absolute atomic E-state index is 0.103. The van der Waals surface area contributed by atoms with E-state index in [1.165, 1.54) is 4.90 Å². The van der Waals surface area contributed by atoms with Crippen molar-refractivity contribution in [1.29, 1.82) is 0 Å². The highest BCUT2D eigenvalue weighted by molar-refractivity contribution is 5.88. The van der Waals surface area contributed by atoms with E-state index in [0.717, 1.165) is 6.42 Å². The van der Waals surface area contributed by atoms with Gasteiger partial charge in [-0.05, 0) is 6.42 Å². The molecule has 1 rings (SSSR count). The molecule has 2 amide bonds. The predicted molar refractivity (Wildman–Crippen MR) is 52.5 cm³/mol. The van der Waals surface area contributed by atoms with Gasteiger partial charge in [0.2, 0.25) is 11.8 Å². The summed E-state index contributed by atoms with van der Waals surface area (Å²) in [6.45, 7) is 3.23. The van der Waals surface area contributed by atoms with Crippen molar-refractivity contribution in [3.05, 3.63) is 0 Å². The summed E-state index contributed by atoms with van der Waals surface area (Å²) in [6, 6.07) is -0.453. The Morgan fingerprint density at radius 3 is 3.00 bits per heavy atom. The molecule has 0 spiro atoms. The minimum atomic E-state index is -0.453. The third kappa shape index (κ3) is 2.70. The van der Waals surface area contributed by atoms with Crippen molar-refractivity contribution in [2.75, 3.05) is 19.6 Å². The highest BCUT2D eigenvalue weighted by Gasteiger charge is 2.24. The van der Waals surface area contributed by atoms with Crippen LogP contribution in [-0.4, -0.2) is 42.4 Å². The number of piperazine rings is 1. The van der Waals surface area contributed by atoms with Crippen LogP contribution in [0.15, 0.2) is 0 Å². The molecule has 0 radical (unpaired) electrons. The summed E-state index contributed by atoms with van der Waals surface area (Å²) >= 11 is 0. The van der Waals surface area contributed by atoms with Crippen LogP contribution in [0.4, 0.5) is 0 Å². The third-order valence-electron chi connectivity index (χ3n) is 2.27. The van der Waals surface area contributed by atoms with E-state index in [9.17, 15) is 9.59 Å². The lowest BCUT2D eigenvalue weighted by Crippen LogP contribution is -2.54. The topological polar surface area (TPSA) is 75.4 Å². The maximum Gasteiger partial charge on any atom is 0.240 e. The van der Waals surface area contributed by atoms with Crippen LogP contribution in [0.5, 0.6) is 0 Å². The van der Waals surface area contributed by atoms with Crippen molar-refractivity contribution in [2.45, 2.75) is 25.8 Å². The number of carbonyl (C=O) groups excluding carboxylic acids is 2. The molecular weight excluding hydrogens is 182 g/mol. The molecule has 1 atom stereocenters. The molecule has 1 heterocycles. The molecule has 1 saturated heterocycles. The largest absolute Gasteiger partial charge is 0.353 e. The van der Waals surface area contributed by atoms with Crippen LogP contribution in [0.1, 0.15) is 19.8 Å². The van der Waals surface area contributed by atoms with Gasteiger partial charge in [0.05, 0.1) is 12.6 Å². The fraction of sp³-hybridized carbons (Fsp3) is 0.778. The number of carbonyl (C=O) groups is 2. The van der Waals surface area contributed by atoms with E-state index in [2.05, 4.69) is 5.32 Å². The van der Waals surface area contributed by atoms with E-state index >= 15 is 0 Å². The van der Waals surface area contributed by atoms with Gasteiger partial charge in [-0.25, -0.2) is 0 Å². The van der Waals surface area contributed by atoms with Gasteiger partial charge in [-0.1, -0.05) is 13.3 Å². The van der Waals surface area contributed by atoms with E-state index in [0.29, 0.717) is 19.5 Å². The summed E-state index contributed by atoms with van der Waals surface area (Å²) in [5.74, 6) is -0.213. The molecule has 1 aliphatic heterocycles. The molecule has 0 aromatic heterocycles. The Kier molecular flexibility index (Phi) is 3.88. The monoisotopic (exact) mass is 199 g/mol. The maximum absolute atomic E-state index is 11.7. The number of hydrogen-bond acceptors (Lipinski definition) is 3. The van der Waals surface area contributed by atoms with E-state index in [4.69, 9.17) is 5.73 Å². The second-order valence-corrected chi connectivity index (χ2v) is 3.50. The predicted octanol–water partition coefficient (Wildman–Crippen LogP) is -0.928. The van der Waals surface area contributed by atoms with Crippen molar-refractivity contribution in [2.24, 2.45) is 5.73 Å². The zero-order valence-corrected chi connectivity index (χ0v) is 8.45. The van der Waals surface area contributed by atoms with Crippen LogP contribution >= 0.6 is 0 Å². The number of nitrogens with two attached hydrogens (primary N) is 1. The average molecular weight is 199 g/mol. The molecule has 80 valence electrons. The molecule has 5 nitrogen and oxygen atoms in total. The molecule has 0 aliphatic carbocycles. The number of nitrogens with zero attached hydrogens (tertiary/aromatic N) is 1. The highest BCUT2D eigenvalue weighted by atomic mass is 16.2. The molecule has 5 heteroatoms. The van der Waals surface area contributed by atoms with Crippen molar-refractivity contribution in [1.82, 2.24) is 10.2 Å². The van der Waals surface area contributed by atoms with Crippen LogP contribution in [0.25, 0.3) is 0 Å². The van der Waals surface area contributed by atoms with Crippen molar-refractivity contribution < 1.29 is 9.59 Å². The normalized spacial score (nSPS) is 19.0. The smallest absolute Gasteiger partial charge is 0.240 e. The molecule has 0 aromatic carbocycles. The molecule has 1 aliphatic rings. The second kappa shape index (κ2) is 4.95. The summed E-state index contributed by atoms with van der Waals surface area (Å²) in [7, 11) is 0. The third-order valence-corrected chi connectivity index (χ3v) is 2.27. The van der Waals surface area contributed by atoms with Crippen molar-refractivity contribution >= 4 is 11.8 Å². The Hall–Kier alpha value is -1.10. The van der Waals surface area contributed by atoms with Crippen LogP contribution in [0.2, 0.25) is 0 Å². The maximum atomic E-state index is 11.7. The van der Waals surface area contributed by atoms with Gasteiger partial charge in [0.1, 0.15) is 0 Å². The van der Waals surface area contributed by atoms with E-state index in [-0.39, 0.29) is 18.4 Å². The summed E-state index contributed by atoms with van der Waals surface area (Å²) in [4.78, 5) is 24.2. The molecule has 14 heavy (non-hydrogen) atoms. The van der Waals surface area contributed by atoms with Crippen LogP contribution in [-0.2, 0) is 9.59 Å². The Labute approximate surface area is 83.6 Å². The fourth-order valence-corrected chi connectivity index (χ4v) is 1.50. The molecule has 0 saturated carbocycles. The van der Waals surface area contributed by atoms with Gasteiger partial charge in [0, 0.05) is 13.1 Å². The van der Waals surface area contributed by atoms with Gasteiger partial charge >= 0.3 is 0 Å². The fourth-order valence-electron chi connectivity index (χ4n) is 1.50. The lowest BCUT2D eigenvalue weighted by atomic mass is 10.1. The highest BCUT2D eigenvalue weighted by Crippen LogP contribution is 2.01. The SMILES string of the molecule is CCC[C@@H](N)C(=O)N1CCNC(=O)C1. The van der Waals surface area contributed by atoms with Gasteiger partial charge in [0.15, 0.2) is 0 Å². The zero-order valence-electron chi connectivity index (χ0n) is 8.45. The van der Waals surface area contributed by atoms with Gasteiger partial charge < -0.3 is 16.0 Å². The Balaban J connectivity index is 2.46. The molecule has 0 aromatic rings. The molecule has 1 fully saturated rings. The molecule has 3 N–H and O–H groups in total. The Morgan fingerprint density at radius 1 is 1.71 bits per heavy atom. The summed E-state index contributed by atoms with van der Waals surface area (Å²) < 4.78 is 0. The zero-order chi connectivity index (χ0) is 10.6. The molecule has 0 unspecified atom stereocenters. The van der Waals surface area contributed by atoms with E-state index in [1.54, 1.807) is 0 Å². The number of hydrogen-bond donors (Lipinski definition) is 2. The van der Waals surface area contributed by atoms with Gasteiger partial charge in [0.25, 0.3) is 0 Å². The van der Waals surface area contributed by atoms with Gasteiger partial charge in [-0.15, -0.1) is 0 Å². The minimum Gasteiger partial charge on any atom is -0.353 e. The van der Waals surface area contributed by atoms with Crippen LogP contribution in [0.3, 0.4) is 0 Å². The number of rotatable bonds is 3. The van der Waals surface area contributed by atoms with E-state index < -0.39 is 6.04 Å².